The third-order valence-electron chi connectivity index (χ3n) is 3.23. The van der Waals surface area contributed by atoms with Gasteiger partial charge < -0.3 is 15.7 Å². The zero-order chi connectivity index (χ0) is 17.6. The molecule has 2 heterocycles. The van der Waals surface area contributed by atoms with E-state index in [-0.39, 0.29) is 6.54 Å². The molecular formula is C16H15ClN6O2. The molecule has 0 fully saturated rings. The number of carbonyl (C=O) groups is 1. The minimum absolute atomic E-state index is 0.215. The lowest BCUT2D eigenvalue weighted by atomic mass is 10.2. The van der Waals surface area contributed by atoms with Crippen molar-refractivity contribution in [3.8, 4) is 0 Å². The van der Waals surface area contributed by atoms with Crippen LogP contribution in [0.5, 0.6) is 0 Å². The van der Waals surface area contributed by atoms with E-state index in [2.05, 4.69) is 25.7 Å². The normalized spacial score (nSPS) is 10.4. The molecule has 25 heavy (non-hydrogen) atoms. The number of aliphatic carboxylic acids is 1. The number of carboxylic acid groups (broad SMARTS) is 1. The maximum absolute atomic E-state index is 10.7. The fourth-order valence-corrected chi connectivity index (χ4v) is 2.27. The molecule has 0 saturated heterocycles. The molecule has 1 aromatic carbocycles. The summed E-state index contributed by atoms with van der Waals surface area (Å²) >= 11 is 6.13. The first-order chi connectivity index (χ1) is 12.1. The zero-order valence-corrected chi connectivity index (χ0v) is 13.8. The van der Waals surface area contributed by atoms with Crippen molar-refractivity contribution in [1.29, 1.82) is 0 Å². The van der Waals surface area contributed by atoms with E-state index in [4.69, 9.17) is 16.7 Å². The van der Waals surface area contributed by atoms with Crippen LogP contribution in [0.15, 0.2) is 48.9 Å². The summed E-state index contributed by atoms with van der Waals surface area (Å²) in [5.74, 6) is -0.138. The Hall–Kier alpha value is -3.13. The Kier molecular flexibility index (Phi) is 5.10. The molecule has 0 aliphatic rings. The molecule has 0 saturated carbocycles. The molecule has 0 aliphatic heterocycles. The summed E-state index contributed by atoms with van der Waals surface area (Å²) < 4.78 is 1.30. The number of carboxylic acids is 1. The van der Waals surface area contributed by atoms with E-state index < -0.39 is 5.97 Å². The SMILES string of the molecule is O=C(O)Cn1cc(Nc2ncc(Cl)c(NCc3ccccc3)n2)cn1. The maximum atomic E-state index is 10.7. The third kappa shape index (κ3) is 4.67. The number of nitrogens with one attached hydrogen (secondary N) is 2. The summed E-state index contributed by atoms with van der Waals surface area (Å²) in [5, 5.41) is 19.2. The number of rotatable bonds is 7. The molecule has 8 nitrogen and oxygen atoms in total. The van der Waals surface area contributed by atoms with Crippen molar-refractivity contribution in [3.05, 3.63) is 59.5 Å². The molecule has 3 aromatic rings. The van der Waals surface area contributed by atoms with Crippen LogP contribution in [0.1, 0.15) is 5.56 Å². The molecule has 0 aliphatic carbocycles. The zero-order valence-electron chi connectivity index (χ0n) is 13.1. The Morgan fingerprint density at radius 3 is 2.80 bits per heavy atom. The maximum Gasteiger partial charge on any atom is 0.325 e. The van der Waals surface area contributed by atoms with Gasteiger partial charge in [0.1, 0.15) is 11.6 Å². The Morgan fingerprint density at radius 1 is 1.24 bits per heavy atom. The molecule has 2 aromatic heterocycles. The minimum Gasteiger partial charge on any atom is -0.480 e. The van der Waals surface area contributed by atoms with E-state index in [1.165, 1.54) is 17.1 Å². The molecule has 0 unspecified atom stereocenters. The first-order valence-corrected chi connectivity index (χ1v) is 7.79. The van der Waals surface area contributed by atoms with Crippen molar-refractivity contribution in [2.45, 2.75) is 13.1 Å². The van der Waals surface area contributed by atoms with Gasteiger partial charge in [-0.1, -0.05) is 41.9 Å². The lowest BCUT2D eigenvalue weighted by Gasteiger charge is -2.09. The van der Waals surface area contributed by atoms with E-state index in [1.807, 2.05) is 30.3 Å². The van der Waals surface area contributed by atoms with Gasteiger partial charge in [-0.15, -0.1) is 0 Å². The summed E-state index contributed by atoms with van der Waals surface area (Å²) in [6.45, 7) is 0.362. The fourth-order valence-electron chi connectivity index (χ4n) is 2.12. The highest BCUT2D eigenvalue weighted by atomic mass is 35.5. The van der Waals surface area contributed by atoms with Gasteiger partial charge in [0, 0.05) is 12.7 Å². The van der Waals surface area contributed by atoms with Crippen LogP contribution in [0.3, 0.4) is 0 Å². The van der Waals surface area contributed by atoms with Crippen LogP contribution in [-0.4, -0.2) is 30.8 Å². The van der Waals surface area contributed by atoms with Crippen molar-refractivity contribution in [2.24, 2.45) is 0 Å². The van der Waals surface area contributed by atoms with Crippen molar-refractivity contribution in [3.63, 3.8) is 0 Å². The molecule has 128 valence electrons. The highest BCUT2D eigenvalue weighted by Gasteiger charge is 2.08. The molecule has 0 radical (unpaired) electrons. The molecule has 0 bridgehead atoms. The monoisotopic (exact) mass is 358 g/mol. The van der Waals surface area contributed by atoms with Crippen LogP contribution >= 0.6 is 11.6 Å². The standard InChI is InChI=1S/C16H15ClN6O2/c17-13-8-19-16(21-12-7-20-23(9-12)10-14(24)25)22-15(13)18-6-11-4-2-1-3-5-11/h1-5,7-9H,6,10H2,(H,24,25)(H2,18,19,21,22). The second kappa shape index (κ2) is 7.63. The van der Waals surface area contributed by atoms with Crippen LogP contribution in [0.25, 0.3) is 0 Å². The minimum atomic E-state index is -0.968. The third-order valence-corrected chi connectivity index (χ3v) is 3.51. The van der Waals surface area contributed by atoms with E-state index in [9.17, 15) is 4.79 Å². The van der Waals surface area contributed by atoms with Gasteiger partial charge in [0.25, 0.3) is 0 Å². The van der Waals surface area contributed by atoms with Gasteiger partial charge in [-0.3, -0.25) is 9.48 Å². The molecule has 3 rings (SSSR count). The highest BCUT2D eigenvalue weighted by Crippen LogP contribution is 2.21. The molecule has 9 heteroatoms. The van der Waals surface area contributed by atoms with Gasteiger partial charge in [0.15, 0.2) is 5.82 Å². The lowest BCUT2D eigenvalue weighted by Crippen LogP contribution is -2.08. The van der Waals surface area contributed by atoms with Crippen molar-refractivity contribution in [1.82, 2.24) is 19.7 Å². The van der Waals surface area contributed by atoms with Gasteiger partial charge in [-0.05, 0) is 5.56 Å². The van der Waals surface area contributed by atoms with Crippen LogP contribution in [0.2, 0.25) is 5.02 Å². The lowest BCUT2D eigenvalue weighted by molar-refractivity contribution is -0.137. The molecule has 0 amide bonds. The van der Waals surface area contributed by atoms with Crippen molar-refractivity contribution >= 4 is 35.0 Å². The van der Waals surface area contributed by atoms with Gasteiger partial charge in [-0.2, -0.15) is 10.1 Å². The Bertz CT molecular complexity index is 868. The summed E-state index contributed by atoms with van der Waals surface area (Å²) in [6.07, 6.45) is 4.55. The quantitative estimate of drug-likeness (QED) is 0.596. The van der Waals surface area contributed by atoms with Crippen LogP contribution in [0.4, 0.5) is 17.5 Å². The number of hydrogen-bond donors (Lipinski definition) is 3. The van der Waals surface area contributed by atoms with Gasteiger partial charge in [-0.25, -0.2) is 4.98 Å². The molecule has 3 N–H and O–H groups in total. The first kappa shape index (κ1) is 16.7. The molecular weight excluding hydrogens is 344 g/mol. The first-order valence-electron chi connectivity index (χ1n) is 7.42. The Morgan fingerprint density at radius 2 is 2.04 bits per heavy atom. The van der Waals surface area contributed by atoms with E-state index in [0.29, 0.717) is 29.0 Å². The molecule has 0 atom stereocenters. The predicted octanol–water partition coefficient (Wildman–Crippen LogP) is 2.77. The van der Waals surface area contributed by atoms with Crippen molar-refractivity contribution in [2.75, 3.05) is 10.6 Å². The summed E-state index contributed by atoms with van der Waals surface area (Å²) in [7, 11) is 0. The van der Waals surface area contributed by atoms with Crippen molar-refractivity contribution < 1.29 is 9.90 Å². The number of benzene rings is 1. The smallest absolute Gasteiger partial charge is 0.325 e. The fraction of sp³-hybridized carbons (Fsp3) is 0.125. The summed E-state index contributed by atoms with van der Waals surface area (Å²) in [4.78, 5) is 19.1. The average Bonchev–Trinajstić information content (AvgIpc) is 3.02. The topological polar surface area (TPSA) is 105 Å². The van der Waals surface area contributed by atoms with Gasteiger partial charge in [0.05, 0.1) is 18.1 Å². The number of aromatic nitrogens is 4. The number of anilines is 3. The average molecular weight is 359 g/mol. The van der Waals surface area contributed by atoms with Gasteiger partial charge >= 0.3 is 5.97 Å². The number of halogens is 1. The summed E-state index contributed by atoms with van der Waals surface area (Å²) in [5.41, 5.74) is 1.68. The Labute approximate surface area is 148 Å². The van der Waals surface area contributed by atoms with Crippen LogP contribution in [0, 0.1) is 0 Å². The molecule has 0 spiro atoms. The van der Waals surface area contributed by atoms with E-state index >= 15 is 0 Å². The summed E-state index contributed by atoms with van der Waals surface area (Å²) in [6, 6.07) is 9.87. The number of nitrogens with zero attached hydrogens (tertiary/aromatic N) is 4. The van der Waals surface area contributed by atoms with E-state index in [1.54, 1.807) is 6.20 Å². The highest BCUT2D eigenvalue weighted by molar-refractivity contribution is 6.32. The van der Waals surface area contributed by atoms with E-state index in [0.717, 1.165) is 5.56 Å². The predicted molar refractivity (Wildman–Crippen MR) is 94.0 cm³/mol. The Balaban J connectivity index is 1.68. The largest absolute Gasteiger partial charge is 0.480 e. The second-order valence-electron chi connectivity index (χ2n) is 5.17. The van der Waals surface area contributed by atoms with Crippen LogP contribution < -0.4 is 10.6 Å². The number of hydrogen-bond acceptors (Lipinski definition) is 6. The second-order valence-corrected chi connectivity index (χ2v) is 5.58. The van der Waals surface area contributed by atoms with Gasteiger partial charge in [0.2, 0.25) is 5.95 Å². The van der Waals surface area contributed by atoms with Crippen LogP contribution in [-0.2, 0) is 17.9 Å².